The van der Waals surface area contributed by atoms with Gasteiger partial charge < -0.3 is 19.3 Å². The van der Waals surface area contributed by atoms with Crippen molar-refractivity contribution in [2.45, 2.75) is 31.5 Å². The molecule has 0 spiro atoms. The third kappa shape index (κ3) is 6.37. The fourth-order valence-corrected chi connectivity index (χ4v) is 4.35. The summed E-state index contributed by atoms with van der Waals surface area (Å²) >= 11 is 1.21. The molecule has 0 unspecified atom stereocenters. The molecule has 0 atom stereocenters. The van der Waals surface area contributed by atoms with Gasteiger partial charge >= 0.3 is 5.97 Å². The van der Waals surface area contributed by atoms with E-state index in [1.165, 1.54) is 11.8 Å². The van der Waals surface area contributed by atoms with E-state index in [1.54, 1.807) is 19.4 Å². The van der Waals surface area contributed by atoms with Crippen molar-refractivity contribution in [3.63, 3.8) is 0 Å². The highest BCUT2D eigenvalue weighted by Gasteiger charge is 2.14. The quantitative estimate of drug-likeness (QED) is 0.189. The van der Waals surface area contributed by atoms with Gasteiger partial charge in [0.2, 0.25) is 0 Å². The molecule has 1 N–H and O–H groups in total. The number of aromatic nitrogens is 1. The largest absolute Gasteiger partial charge is 0.497 e. The molecule has 1 heterocycles. The van der Waals surface area contributed by atoms with E-state index in [4.69, 9.17) is 14.2 Å². The van der Waals surface area contributed by atoms with Gasteiger partial charge in [-0.05, 0) is 68.0 Å². The van der Waals surface area contributed by atoms with E-state index in [-0.39, 0.29) is 17.6 Å². The monoisotopic (exact) mass is 501 g/mol. The SMILES string of the molecule is COc1ccc2ncc(COc3ccc(C=C(Sc4ccccc4)C(=O)O)cc3)c(OC(C)C)c2c1. The van der Waals surface area contributed by atoms with Crippen LogP contribution < -0.4 is 14.2 Å². The topological polar surface area (TPSA) is 77.9 Å². The Bertz CT molecular complexity index is 1370. The van der Waals surface area contributed by atoms with E-state index in [1.807, 2.05) is 86.6 Å². The predicted molar refractivity (Wildman–Crippen MR) is 143 cm³/mol. The molecule has 0 aliphatic carbocycles. The molecule has 4 rings (SSSR count). The van der Waals surface area contributed by atoms with Crippen LogP contribution in [0.15, 0.2) is 88.8 Å². The number of methoxy groups -OCH3 is 1. The number of aliphatic carboxylic acids is 1. The second-order valence-corrected chi connectivity index (χ2v) is 9.36. The molecule has 0 bridgehead atoms. The predicted octanol–water partition coefficient (Wildman–Crippen LogP) is 6.83. The highest BCUT2D eigenvalue weighted by Crippen LogP contribution is 2.33. The molecule has 0 fully saturated rings. The molecule has 1 aromatic heterocycles. The van der Waals surface area contributed by atoms with E-state index >= 15 is 0 Å². The number of carboxylic acids is 1. The number of rotatable bonds is 10. The summed E-state index contributed by atoms with van der Waals surface area (Å²) in [6.07, 6.45) is 3.39. The maximum absolute atomic E-state index is 11.7. The number of carbonyl (C=O) groups is 1. The van der Waals surface area contributed by atoms with Crippen LogP contribution in [-0.4, -0.2) is 29.3 Å². The van der Waals surface area contributed by atoms with Crippen LogP contribution in [0, 0.1) is 0 Å². The van der Waals surface area contributed by atoms with Crippen molar-refractivity contribution in [1.82, 2.24) is 4.98 Å². The maximum atomic E-state index is 11.7. The molecule has 0 saturated carbocycles. The van der Waals surface area contributed by atoms with Crippen LogP contribution in [-0.2, 0) is 11.4 Å². The molecule has 0 saturated heterocycles. The van der Waals surface area contributed by atoms with E-state index < -0.39 is 5.97 Å². The summed E-state index contributed by atoms with van der Waals surface area (Å²) in [5.74, 6) is 1.13. The summed E-state index contributed by atoms with van der Waals surface area (Å²) < 4.78 is 17.5. The van der Waals surface area contributed by atoms with E-state index in [0.29, 0.717) is 5.75 Å². The molecule has 36 heavy (non-hydrogen) atoms. The minimum atomic E-state index is -0.970. The van der Waals surface area contributed by atoms with Gasteiger partial charge in [-0.2, -0.15) is 0 Å². The van der Waals surface area contributed by atoms with Crippen LogP contribution in [0.1, 0.15) is 25.0 Å². The Kier molecular flexibility index (Phi) is 8.13. The lowest BCUT2D eigenvalue weighted by Crippen LogP contribution is -2.10. The fraction of sp³-hybridized carbons (Fsp3) is 0.172. The highest BCUT2D eigenvalue weighted by molar-refractivity contribution is 8.04. The molecule has 0 aliphatic heterocycles. The average molecular weight is 502 g/mol. The summed E-state index contributed by atoms with van der Waals surface area (Å²) in [6, 6.07) is 22.4. The minimum Gasteiger partial charge on any atom is -0.497 e. The number of benzene rings is 3. The summed E-state index contributed by atoms with van der Waals surface area (Å²) in [5.41, 5.74) is 2.40. The van der Waals surface area contributed by atoms with Crippen molar-refractivity contribution in [2.24, 2.45) is 0 Å². The summed E-state index contributed by atoms with van der Waals surface area (Å²) in [6.45, 7) is 4.22. The van der Waals surface area contributed by atoms with Crippen LogP contribution >= 0.6 is 11.8 Å². The second kappa shape index (κ2) is 11.6. The van der Waals surface area contributed by atoms with Gasteiger partial charge in [-0.3, -0.25) is 4.98 Å². The van der Waals surface area contributed by atoms with Crippen LogP contribution in [0.5, 0.6) is 17.2 Å². The zero-order valence-electron chi connectivity index (χ0n) is 20.3. The Morgan fingerprint density at radius 2 is 1.75 bits per heavy atom. The molecular weight excluding hydrogens is 474 g/mol. The molecular formula is C29H27NO5S. The maximum Gasteiger partial charge on any atom is 0.342 e. The zero-order valence-corrected chi connectivity index (χ0v) is 21.1. The van der Waals surface area contributed by atoms with Gasteiger partial charge in [0, 0.05) is 16.5 Å². The molecule has 3 aromatic carbocycles. The van der Waals surface area contributed by atoms with Gasteiger partial charge in [0.1, 0.15) is 23.9 Å². The van der Waals surface area contributed by atoms with Crippen molar-refractivity contribution < 1.29 is 24.1 Å². The van der Waals surface area contributed by atoms with Crippen molar-refractivity contribution >= 4 is 34.7 Å². The van der Waals surface area contributed by atoms with E-state index in [0.717, 1.165) is 38.4 Å². The number of carboxylic acid groups (broad SMARTS) is 1. The van der Waals surface area contributed by atoms with Crippen LogP contribution in [0.25, 0.3) is 17.0 Å². The lowest BCUT2D eigenvalue weighted by molar-refractivity contribution is -0.131. The number of hydrogen-bond donors (Lipinski definition) is 1. The first-order chi connectivity index (χ1) is 17.4. The molecule has 0 aliphatic rings. The van der Waals surface area contributed by atoms with E-state index in [2.05, 4.69) is 4.98 Å². The summed E-state index contributed by atoms with van der Waals surface area (Å²) in [5, 5.41) is 10.5. The number of fused-ring (bicyclic) bond motifs is 1. The molecule has 6 nitrogen and oxygen atoms in total. The van der Waals surface area contributed by atoms with Crippen LogP contribution in [0.4, 0.5) is 0 Å². The van der Waals surface area contributed by atoms with Crippen LogP contribution in [0.2, 0.25) is 0 Å². The summed E-state index contributed by atoms with van der Waals surface area (Å²) in [4.78, 5) is 17.4. The lowest BCUT2D eigenvalue weighted by atomic mass is 10.1. The third-order valence-corrected chi connectivity index (χ3v) is 6.23. The number of hydrogen-bond acceptors (Lipinski definition) is 6. The highest BCUT2D eigenvalue weighted by atomic mass is 32.2. The van der Waals surface area contributed by atoms with Crippen LogP contribution in [0.3, 0.4) is 0 Å². The van der Waals surface area contributed by atoms with Gasteiger partial charge in [0.05, 0.1) is 29.2 Å². The Balaban J connectivity index is 1.52. The molecule has 4 aromatic rings. The van der Waals surface area contributed by atoms with Crippen molar-refractivity contribution in [3.8, 4) is 17.2 Å². The molecule has 0 radical (unpaired) electrons. The Hall–Kier alpha value is -3.97. The Morgan fingerprint density at radius 3 is 2.42 bits per heavy atom. The number of ether oxygens (including phenoxy) is 3. The first kappa shape index (κ1) is 25.1. The van der Waals surface area contributed by atoms with Gasteiger partial charge in [0.25, 0.3) is 0 Å². The normalized spacial score (nSPS) is 11.5. The van der Waals surface area contributed by atoms with Gasteiger partial charge in [-0.1, -0.05) is 42.1 Å². The van der Waals surface area contributed by atoms with Crippen molar-refractivity contribution in [3.05, 3.63) is 95.0 Å². The first-order valence-electron chi connectivity index (χ1n) is 11.5. The molecule has 7 heteroatoms. The number of nitrogens with zero attached hydrogens (tertiary/aromatic N) is 1. The third-order valence-electron chi connectivity index (χ3n) is 5.21. The van der Waals surface area contributed by atoms with E-state index in [9.17, 15) is 9.90 Å². The van der Waals surface area contributed by atoms with Crippen molar-refractivity contribution in [1.29, 1.82) is 0 Å². The van der Waals surface area contributed by atoms with Crippen molar-refractivity contribution in [2.75, 3.05) is 7.11 Å². The minimum absolute atomic E-state index is 0.0243. The smallest absolute Gasteiger partial charge is 0.342 e. The molecule has 0 amide bonds. The summed E-state index contributed by atoms with van der Waals surface area (Å²) in [7, 11) is 1.63. The lowest BCUT2D eigenvalue weighted by Gasteiger charge is -2.17. The second-order valence-electron chi connectivity index (χ2n) is 8.25. The molecule has 184 valence electrons. The van der Waals surface area contributed by atoms with Gasteiger partial charge in [-0.15, -0.1) is 0 Å². The number of thioether (sulfide) groups is 1. The zero-order chi connectivity index (χ0) is 25.5. The van der Waals surface area contributed by atoms with Gasteiger partial charge in [-0.25, -0.2) is 4.79 Å². The van der Waals surface area contributed by atoms with Gasteiger partial charge in [0.15, 0.2) is 0 Å². The number of pyridine rings is 1. The standard InChI is InChI=1S/C29H27NO5S/c1-19(2)35-28-21(17-30-26-14-13-23(33-3)16-25(26)28)18-34-22-11-9-20(10-12-22)15-27(29(31)32)36-24-7-5-4-6-8-24/h4-17,19H,18H2,1-3H3,(H,31,32). The Morgan fingerprint density at radius 1 is 1.03 bits per heavy atom. The average Bonchev–Trinajstić information content (AvgIpc) is 2.88. The fourth-order valence-electron chi connectivity index (χ4n) is 3.52. The first-order valence-corrected chi connectivity index (χ1v) is 12.3. The Labute approximate surface area is 214 Å².